The normalized spacial score (nSPS) is 21.3. The summed E-state index contributed by atoms with van der Waals surface area (Å²) >= 11 is 0. The van der Waals surface area contributed by atoms with E-state index in [2.05, 4.69) is 46.9 Å². The highest BCUT2D eigenvalue weighted by molar-refractivity contribution is 5.39. The molecule has 4 nitrogen and oxygen atoms in total. The van der Waals surface area contributed by atoms with E-state index in [-0.39, 0.29) is 0 Å². The van der Waals surface area contributed by atoms with Crippen LogP contribution in [0, 0.1) is 5.92 Å². The third-order valence-electron chi connectivity index (χ3n) is 3.95. The van der Waals surface area contributed by atoms with Gasteiger partial charge in [0.15, 0.2) is 0 Å². The van der Waals surface area contributed by atoms with Gasteiger partial charge in [0.25, 0.3) is 0 Å². The fourth-order valence-electron chi connectivity index (χ4n) is 2.89. The van der Waals surface area contributed by atoms with Gasteiger partial charge in [-0.15, -0.1) is 0 Å². The molecule has 1 saturated heterocycles. The molecule has 19 heavy (non-hydrogen) atoms. The molecule has 1 unspecified atom stereocenters. The number of piperazine rings is 1. The highest BCUT2D eigenvalue weighted by Gasteiger charge is 2.25. The standard InChI is InChI=1S/C15H22N4/c1-12(2)14-9-16-6-8-18(14)10-13-11-19-7-4-3-5-15(19)17-13/h3-5,7,11-12,14,16H,6,8-10H2,1-2H3. The van der Waals surface area contributed by atoms with Crippen LogP contribution in [0.15, 0.2) is 30.6 Å². The number of hydrogen-bond donors (Lipinski definition) is 1. The average molecular weight is 258 g/mol. The van der Waals surface area contributed by atoms with Crippen molar-refractivity contribution in [1.82, 2.24) is 19.6 Å². The molecule has 3 heterocycles. The minimum atomic E-state index is 0.610. The number of nitrogens with zero attached hydrogens (tertiary/aromatic N) is 3. The van der Waals surface area contributed by atoms with Crippen LogP contribution in [-0.2, 0) is 6.54 Å². The van der Waals surface area contributed by atoms with Crippen molar-refractivity contribution in [2.24, 2.45) is 5.92 Å². The molecule has 0 amide bonds. The first-order valence-electron chi connectivity index (χ1n) is 7.11. The number of hydrogen-bond acceptors (Lipinski definition) is 3. The van der Waals surface area contributed by atoms with Crippen LogP contribution in [-0.4, -0.2) is 40.0 Å². The predicted molar refractivity (Wildman–Crippen MR) is 77.1 cm³/mol. The second-order valence-electron chi connectivity index (χ2n) is 5.68. The van der Waals surface area contributed by atoms with Gasteiger partial charge in [0.05, 0.1) is 5.69 Å². The molecular weight excluding hydrogens is 236 g/mol. The van der Waals surface area contributed by atoms with Crippen molar-refractivity contribution in [3.63, 3.8) is 0 Å². The number of aromatic nitrogens is 2. The molecule has 1 aliphatic rings. The minimum absolute atomic E-state index is 0.610. The zero-order valence-electron chi connectivity index (χ0n) is 11.7. The Balaban J connectivity index is 1.79. The van der Waals surface area contributed by atoms with Crippen molar-refractivity contribution in [1.29, 1.82) is 0 Å². The van der Waals surface area contributed by atoms with Crippen LogP contribution < -0.4 is 5.32 Å². The van der Waals surface area contributed by atoms with Crippen LogP contribution >= 0.6 is 0 Å². The molecule has 2 aromatic rings. The second kappa shape index (κ2) is 5.31. The number of fused-ring (bicyclic) bond motifs is 1. The Morgan fingerprint density at radius 2 is 2.32 bits per heavy atom. The lowest BCUT2D eigenvalue weighted by Gasteiger charge is -2.38. The summed E-state index contributed by atoms with van der Waals surface area (Å²) in [5.41, 5.74) is 2.20. The van der Waals surface area contributed by atoms with Crippen molar-refractivity contribution in [2.75, 3.05) is 19.6 Å². The molecule has 1 aliphatic heterocycles. The maximum Gasteiger partial charge on any atom is 0.137 e. The Kier molecular flexibility index (Phi) is 3.53. The molecule has 1 atom stereocenters. The van der Waals surface area contributed by atoms with E-state index in [1.807, 2.05) is 12.1 Å². The summed E-state index contributed by atoms with van der Waals surface area (Å²) in [5, 5.41) is 3.49. The van der Waals surface area contributed by atoms with E-state index >= 15 is 0 Å². The Morgan fingerprint density at radius 3 is 3.11 bits per heavy atom. The maximum atomic E-state index is 4.70. The molecule has 0 saturated carbocycles. The molecule has 0 radical (unpaired) electrons. The smallest absolute Gasteiger partial charge is 0.137 e. The summed E-state index contributed by atoms with van der Waals surface area (Å²) in [6.45, 7) is 8.83. The molecule has 1 N–H and O–H groups in total. The first kappa shape index (κ1) is 12.6. The van der Waals surface area contributed by atoms with E-state index in [0.717, 1.165) is 31.8 Å². The van der Waals surface area contributed by atoms with Gasteiger partial charge in [-0.1, -0.05) is 19.9 Å². The van der Waals surface area contributed by atoms with Gasteiger partial charge in [-0.05, 0) is 18.1 Å². The molecule has 1 fully saturated rings. The third-order valence-corrected chi connectivity index (χ3v) is 3.95. The summed E-state index contributed by atoms with van der Waals surface area (Å²) in [7, 11) is 0. The molecular formula is C15H22N4. The Hall–Kier alpha value is -1.39. The Morgan fingerprint density at radius 1 is 1.42 bits per heavy atom. The highest BCUT2D eigenvalue weighted by atomic mass is 15.2. The monoisotopic (exact) mass is 258 g/mol. The summed E-state index contributed by atoms with van der Waals surface area (Å²) in [6.07, 6.45) is 4.21. The van der Waals surface area contributed by atoms with Crippen LogP contribution in [0.5, 0.6) is 0 Å². The first-order chi connectivity index (χ1) is 9.24. The summed E-state index contributed by atoms with van der Waals surface area (Å²) < 4.78 is 2.10. The summed E-state index contributed by atoms with van der Waals surface area (Å²) in [5.74, 6) is 0.671. The van der Waals surface area contributed by atoms with Crippen LogP contribution in [0.1, 0.15) is 19.5 Å². The fourth-order valence-corrected chi connectivity index (χ4v) is 2.89. The number of rotatable bonds is 3. The summed E-state index contributed by atoms with van der Waals surface area (Å²) in [6, 6.07) is 6.74. The molecule has 0 aromatic carbocycles. The topological polar surface area (TPSA) is 32.6 Å². The van der Waals surface area contributed by atoms with E-state index in [9.17, 15) is 0 Å². The number of imidazole rings is 1. The highest BCUT2D eigenvalue weighted by Crippen LogP contribution is 2.16. The van der Waals surface area contributed by atoms with Gasteiger partial charge >= 0.3 is 0 Å². The SMILES string of the molecule is CC(C)C1CNCCN1Cc1cn2ccccc2n1. The summed E-state index contributed by atoms with van der Waals surface area (Å²) in [4.78, 5) is 7.26. The lowest BCUT2D eigenvalue weighted by Crippen LogP contribution is -2.53. The number of nitrogens with one attached hydrogen (secondary N) is 1. The molecule has 102 valence electrons. The molecule has 0 bridgehead atoms. The quantitative estimate of drug-likeness (QED) is 0.910. The zero-order valence-corrected chi connectivity index (χ0v) is 11.7. The van der Waals surface area contributed by atoms with Crippen molar-refractivity contribution in [2.45, 2.75) is 26.4 Å². The molecule has 3 rings (SSSR count). The van der Waals surface area contributed by atoms with Gasteiger partial charge in [-0.2, -0.15) is 0 Å². The number of pyridine rings is 1. The van der Waals surface area contributed by atoms with Gasteiger partial charge in [-0.3, -0.25) is 4.90 Å². The van der Waals surface area contributed by atoms with E-state index < -0.39 is 0 Å². The van der Waals surface area contributed by atoms with E-state index in [1.165, 1.54) is 5.69 Å². The first-order valence-corrected chi connectivity index (χ1v) is 7.11. The van der Waals surface area contributed by atoms with E-state index in [1.54, 1.807) is 0 Å². The van der Waals surface area contributed by atoms with E-state index in [4.69, 9.17) is 4.98 Å². The van der Waals surface area contributed by atoms with Gasteiger partial charge in [-0.25, -0.2) is 4.98 Å². The van der Waals surface area contributed by atoms with Gasteiger partial charge in [0, 0.05) is 44.6 Å². The lowest BCUT2D eigenvalue weighted by atomic mass is 10.0. The maximum absolute atomic E-state index is 4.70. The largest absolute Gasteiger partial charge is 0.314 e. The molecule has 0 aliphatic carbocycles. The van der Waals surface area contributed by atoms with E-state index in [0.29, 0.717) is 12.0 Å². The molecule has 4 heteroatoms. The predicted octanol–water partition coefficient (Wildman–Crippen LogP) is 1.76. The molecule has 0 spiro atoms. The average Bonchev–Trinajstić information content (AvgIpc) is 2.81. The lowest BCUT2D eigenvalue weighted by molar-refractivity contribution is 0.116. The fraction of sp³-hybridized carbons (Fsp3) is 0.533. The van der Waals surface area contributed by atoms with Crippen molar-refractivity contribution >= 4 is 5.65 Å². The van der Waals surface area contributed by atoms with Gasteiger partial charge < -0.3 is 9.72 Å². The van der Waals surface area contributed by atoms with Gasteiger partial charge in [0.1, 0.15) is 5.65 Å². The minimum Gasteiger partial charge on any atom is -0.314 e. The van der Waals surface area contributed by atoms with Crippen molar-refractivity contribution in [3.05, 3.63) is 36.3 Å². The zero-order chi connectivity index (χ0) is 13.2. The third kappa shape index (κ3) is 2.65. The van der Waals surface area contributed by atoms with Crippen molar-refractivity contribution in [3.8, 4) is 0 Å². The molecule has 2 aromatic heterocycles. The Bertz CT molecular complexity index is 513. The van der Waals surface area contributed by atoms with Gasteiger partial charge in [0.2, 0.25) is 0 Å². The van der Waals surface area contributed by atoms with Crippen LogP contribution in [0.25, 0.3) is 5.65 Å². The van der Waals surface area contributed by atoms with Crippen LogP contribution in [0.4, 0.5) is 0 Å². The second-order valence-corrected chi connectivity index (χ2v) is 5.68. The van der Waals surface area contributed by atoms with Crippen LogP contribution in [0.2, 0.25) is 0 Å². The van der Waals surface area contributed by atoms with Crippen molar-refractivity contribution < 1.29 is 0 Å². The van der Waals surface area contributed by atoms with Crippen LogP contribution in [0.3, 0.4) is 0 Å². The Labute approximate surface area is 114 Å².